The maximum absolute atomic E-state index is 13.2. The van der Waals surface area contributed by atoms with Crippen molar-refractivity contribution in [2.75, 3.05) is 0 Å². The monoisotopic (exact) mass is 340 g/mol. The number of hydrogen-bond donors (Lipinski definition) is 1. The molecule has 0 aliphatic rings. The number of hydrogen-bond acceptors (Lipinski definition) is 4. The molecule has 0 fully saturated rings. The van der Waals surface area contributed by atoms with Crippen LogP contribution in [0.15, 0.2) is 40.9 Å². The van der Waals surface area contributed by atoms with Gasteiger partial charge in [-0.1, -0.05) is 22.0 Å². The zero-order valence-corrected chi connectivity index (χ0v) is 11.8. The molecule has 0 radical (unpaired) electrons. The summed E-state index contributed by atoms with van der Waals surface area (Å²) in [6.07, 6.45) is 0. The Hall–Kier alpha value is -1.99. The van der Waals surface area contributed by atoms with Gasteiger partial charge in [0.05, 0.1) is 4.92 Å². The number of benzene rings is 2. The van der Waals surface area contributed by atoms with E-state index >= 15 is 0 Å². The van der Waals surface area contributed by atoms with E-state index < -0.39 is 10.7 Å². The second-order valence-corrected chi connectivity index (χ2v) is 4.78. The van der Waals surface area contributed by atoms with E-state index in [-0.39, 0.29) is 11.4 Å². The molecule has 2 aromatic carbocycles. The molecule has 0 saturated carbocycles. The van der Waals surface area contributed by atoms with Gasteiger partial charge >= 0.3 is 5.69 Å². The van der Waals surface area contributed by atoms with Gasteiger partial charge in [-0.15, -0.1) is 0 Å². The summed E-state index contributed by atoms with van der Waals surface area (Å²) in [5.74, 6) is -0.409. The maximum atomic E-state index is 13.2. The topological polar surface area (TPSA) is 78.4 Å². The average molecular weight is 341 g/mol. The minimum atomic E-state index is -0.627. The van der Waals surface area contributed by atoms with Crippen LogP contribution in [0.2, 0.25) is 0 Å². The van der Waals surface area contributed by atoms with Gasteiger partial charge in [-0.05, 0) is 23.8 Å². The highest BCUT2D eigenvalue weighted by Gasteiger charge is 2.17. The first-order chi connectivity index (χ1) is 9.51. The number of nitro benzene ring substituents is 1. The Morgan fingerprint density at radius 2 is 2.05 bits per heavy atom. The number of halogens is 2. The number of nitrogens with zero attached hydrogens (tertiary/aromatic N) is 1. The summed E-state index contributed by atoms with van der Waals surface area (Å²) < 4.78 is 19.3. The van der Waals surface area contributed by atoms with E-state index in [9.17, 15) is 14.5 Å². The highest BCUT2D eigenvalue weighted by molar-refractivity contribution is 9.10. The lowest BCUT2D eigenvalue weighted by molar-refractivity contribution is -0.385. The standard InChI is InChI=1S/C13H10BrFN2O3/c14-11-6-10(3-1-8(11)7-16)20-13-5-9(15)2-4-12(13)17(18)19/h1-6H,7,16H2. The van der Waals surface area contributed by atoms with Crippen LogP contribution < -0.4 is 10.5 Å². The summed E-state index contributed by atoms with van der Waals surface area (Å²) in [5.41, 5.74) is 6.09. The first kappa shape index (κ1) is 14.4. The Kier molecular flexibility index (Phi) is 4.31. The van der Waals surface area contributed by atoms with Crippen LogP contribution in [-0.4, -0.2) is 4.92 Å². The molecular formula is C13H10BrFN2O3. The lowest BCUT2D eigenvalue weighted by Crippen LogP contribution is -1.98. The maximum Gasteiger partial charge on any atom is 0.311 e. The molecule has 0 aliphatic carbocycles. The van der Waals surface area contributed by atoms with E-state index in [1.807, 2.05) is 0 Å². The van der Waals surface area contributed by atoms with Gasteiger partial charge in [0, 0.05) is 23.2 Å². The summed E-state index contributed by atoms with van der Waals surface area (Å²) in [5, 5.41) is 10.9. The van der Waals surface area contributed by atoms with Crippen molar-refractivity contribution in [3.63, 3.8) is 0 Å². The Labute approximate surface area is 122 Å². The van der Waals surface area contributed by atoms with Crippen LogP contribution in [0.1, 0.15) is 5.56 Å². The molecule has 0 spiro atoms. The predicted molar refractivity (Wildman–Crippen MR) is 75.2 cm³/mol. The lowest BCUT2D eigenvalue weighted by Gasteiger charge is -2.08. The Balaban J connectivity index is 2.36. The minimum absolute atomic E-state index is 0.151. The van der Waals surface area contributed by atoms with Crippen LogP contribution in [-0.2, 0) is 6.54 Å². The molecule has 0 amide bonds. The molecule has 5 nitrogen and oxygen atoms in total. The highest BCUT2D eigenvalue weighted by Crippen LogP contribution is 2.33. The molecule has 0 atom stereocenters. The molecule has 2 rings (SSSR count). The van der Waals surface area contributed by atoms with E-state index in [4.69, 9.17) is 10.5 Å². The fourth-order valence-corrected chi connectivity index (χ4v) is 2.12. The summed E-state index contributed by atoms with van der Waals surface area (Å²) >= 11 is 3.31. The summed E-state index contributed by atoms with van der Waals surface area (Å²) in [4.78, 5) is 10.2. The Morgan fingerprint density at radius 1 is 1.30 bits per heavy atom. The van der Waals surface area contributed by atoms with Gasteiger partial charge < -0.3 is 10.5 Å². The quantitative estimate of drug-likeness (QED) is 0.679. The molecule has 0 bridgehead atoms. The summed E-state index contributed by atoms with van der Waals surface area (Å²) in [7, 11) is 0. The minimum Gasteiger partial charge on any atom is -0.450 e. The SMILES string of the molecule is NCc1ccc(Oc2cc(F)ccc2[N+](=O)[O-])cc1Br. The van der Waals surface area contributed by atoms with Gasteiger partial charge in [0.25, 0.3) is 0 Å². The molecule has 7 heteroatoms. The first-order valence-electron chi connectivity index (χ1n) is 5.61. The third-order valence-electron chi connectivity index (χ3n) is 2.59. The highest BCUT2D eigenvalue weighted by atomic mass is 79.9. The van der Waals surface area contributed by atoms with Crippen LogP contribution in [0.4, 0.5) is 10.1 Å². The van der Waals surface area contributed by atoms with Crippen LogP contribution in [0, 0.1) is 15.9 Å². The second kappa shape index (κ2) is 5.98. The van der Waals surface area contributed by atoms with Gasteiger partial charge in [-0.3, -0.25) is 10.1 Å². The number of rotatable bonds is 4. The predicted octanol–water partition coefficient (Wildman–Crippen LogP) is 3.75. The van der Waals surface area contributed by atoms with Crippen molar-refractivity contribution in [2.24, 2.45) is 5.73 Å². The molecule has 0 aliphatic heterocycles. The van der Waals surface area contributed by atoms with Crippen LogP contribution in [0.3, 0.4) is 0 Å². The van der Waals surface area contributed by atoms with E-state index in [2.05, 4.69) is 15.9 Å². The Bertz CT molecular complexity index is 664. The largest absolute Gasteiger partial charge is 0.450 e. The molecule has 0 unspecified atom stereocenters. The van der Waals surface area contributed by atoms with Crippen molar-refractivity contribution in [3.05, 3.63) is 62.4 Å². The van der Waals surface area contributed by atoms with Gasteiger partial charge in [-0.2, -0.15) is 0 Å². The molecule has 2 aromatic rings. The van der Waals surface area contributed by atoms with Crippen LogP contribution in [0.25, 0.3) is 0 Å². The van der Waals surface area contributed by atoms with Crippen molar-refractivity contribution >= 4 is 21.6 Å². The third-order valence-corrected chi connectivity index (χ3v) is 3.33. The lowest BCUT2D eigenvalue weighted by atomic mass is 10.2. The van der Waals surface area contributed by atoms with Crippen molar-refractivity contribution < 1.29 is 14.1 Å². The van der Waals surface area contributed by atoms with Crippen molar-refractivity contribution in [1.82, 2.24) is 0 Å². The van der Waals surface area contributed by atoms with Gasteiger partial charge in [0.2, 0.25) is 5.75 Å². The fraction of sp³-hybridized carbons (Fsp3) is 0.0769. The smallest absolute Gasteiger partial charge is 0.311 e. The normalized spacial score (nSPS) is 10.3. The number of nitrogens with two attached hydrogens (primary N) is 1. The average Bonchev–Trinajstić information content (AvgIpc) is 2.38. The van der Waals surface area contributed by atoms with Gasteiger partial charge in [0.1, 0.15) is 11.6 Å². The van der Waals surface area contributed by atoms with E-state index in [1.165, 1.54) is 0 Å². The molecule has 0 aromatic heterocycles. The van der Waals surface area contributed by atoms with Crippen LogP contribution in [0.5, 0.6) is 11.5 Å². The molecule has 0 heterocycles. The second-order valence-electron chi connectivity index (χ2n) is 3.93. The summed E-state index contributed by atoms with van der Waals surface area (Å²) in [6, 6.07) is 8.01. The molecule has 104 valence electrons. The van der Waals surface area contributed by atoms with E-state index in [0.29, 0.717) is 12.3 Å². The zero-order valence-electron chi connectivity index (χ0n) is 10.2. The summed E-state index contributed by atoms with van der Waals surface area (Å²) in [6.45, 7) is 0.348. The molecule has 20 heavy (non-hydrogen) atoms. The van der Waals surface area contributed by atoms with E-state index in [1.54, 1.807) is 18.2 Å². The van der Waals surface area contributed by atoms with Crippen LogP contribution >= 0.6 is 15.9 Å². The van der Waals surface area contributed by atoms with Gasteiger partial charge in [0.15, 0.2) is 0 Å². The Morgan fingerprint density at radius 3 is 2.65 bits per heavy atom. The van der Waals surface area contributed by atoms with Crippen molar-refractivity contribution in [3.8, 4) is 11.5 Å². The third kappa shape index (κ3) is 3.12. The zero-order chi connectivity index (χ0) is 14.7. The first-order valence-corrected chi connectivity index (χ1v) is 6.41. The number of nitro groups is 1. The van der Waals surface area contributed by atoms with E-state index in [0.717, 1.165) is 28.2 Å². The van der Waals surface area contributed by atoms with Crippen molar-refractivity contribution in [2.45, 2.75) is 6.54 Å². The fourth-order valence-electron chi connectivity index (χ4n) is 1.60. The van der Waals surface area contributed by atoms with Gasteiger partial charge in [-0.25, -0.2) is 4.39 Å². The van der Waals surface area contributed by atoms with Crippen molar-refractivity contribution in [1.29, 1.82) is 0 Å². The molecule has 2 N–H and O–H groups in total. The molecular weight excluding hydrogens is 331 g/mol. The number of ether oxygens (including phenoxy) is 1. The molecule has 0 saturated heterocycles.